The Balaban J connectivity index is 1.99. The van der Waals surface area contributed by atoms with Crippen LogP contribution in [0.2, 0.25) is 0 Å². The van der Waals surface area contributed by atoms with E-state index in [1.807, 2.05) is 12.1 Å². The summed E-state index contributed by atoms with van der Waals surface area (Å²) in [6, 6.07) is 6.93. The third-order valence-corrected chi connectivity index (χ3v) is 2.62. The number of hydrogen-bond acceptors (Lipinski definition) is 5. The number of aromatic amines is 1. The molecule has 2 rings (SSSR count). The summed E-state index contributed by atoms with van der Waals surface area (Å²) in [5, 5.41) is 16.2. The van der Waals surface area contributed by atoms with Crippen LogP contribution in [0, 0.1) is 0 Å². The molecule has 2 N–H and O–H groups in total. The van der Waals surface area contributed by atoms with E-state index in [0.29, 0.717) is 18.0 Å². The van der Waals surface area contributed by atoms with E-state index in [0.717, 1.165) is 5.56 Å². The van der Waals surface area contributed by atoms with Crippen molar-refractivity contribution in [1.29, 1.82) is 0 Å². The zero-order chi connectivity index (χ0) is 13.7. The van der Waals surface area contributed by atoms with Crippen LogP contribution in [0.25, 0.3) is 0 Å². The molecule has 1 heterocycles. The highest BCUT2D eigenvalue weighted by atomic mass is 16.5. The zero-order valence-electron chi connectivity index (χ0n) is 10.8. The van der Waals surface area contributed by atoms with Gasteiger partial charge in [0.05, 0.1) is 12.6 Å². The van der Waals surface area contributed by atoms with Gasteiger partial charge >= 0.3 is 0 Å². The van der Waals surface area contributed by atoms with Gasteiger partial charge in [-0.05, 0) is 24.6 Å². The molecule has 2 aromatic rings. The maximum Gasteiger partial charge on any atom is 0.251 e. The van der Waals surface area contributed by atoms with Gasteiger partial charge in [0, 0.05) is 12.7 Å². The summed E-state index contributed by atoms with van der Waals surface area (Å²) in [5.41, 5.74) is 1.60. The van der Waals surface area contributed by atoms with Gasteiger partial charge in [-0.2, -0.15) is 5.21 Å². The average Bonchev–Trinajstić information content (AvgIpc) is 2.94. The maximum atomic E-state index is 12.0. The fraction of sp³-hybridized carbons (Fsp3) is 0.333. The maximum absolute atomic E-state index is 12.0. The van der Waals surface area contributed by atoms with E-state index in [2.05, 4.69) is 25.9 Å². The highest BCUT2D eigenvalue weighted by molar-refractivity contribution is 5.94. The van der Waals surface area contributed by atoms with Crippen molar-refractivity contribution in [3.63, 3.8) is 0 Å². The number of ether oxygens (including phenoxy) is 1. The molecule has 19 heavy (non-hydrogen) atoms. The van der Waals surface area contributed by atoms with Crippen molar-refractivity contribution in [2.45, 2.75) is 19.6 Å². The molecule has 7 heteroatoms. The standard InChI is InChI=1S/C12H15N5O2/c1-8(11-14-16-17-15-11)13-12(18)10-5-3-9(4-6-10)7-19-2/h3-6,8H,7H2,1-2H3,(H,13,18)(H,14,15,16,17). The predicted octanol–water partition coefficient (Wildman–Crippen LogP) is 0.837. The topological polar surface area (TPSA) is 92.8 Å². The van der Waals surface area contributed by atoms with Gasteiger partial charge in [-0.3, -0.25) is 4.79 Å². The number of nitrogens with one attached hydrogen (secondary N) is 2. The highest BCUT2D eigenvalue weighted by Crippen LogP contribution is 2.08. The van der Waals surface area contributed by atoms with Crippen molar-refractivity contribution in [3.8, 4) is 0 Å². The first-order valence-electron chi connectivity index (χ1n) is 5.83. The number of tetrazole rings is 1. The van der Waals surface area contributed by atoms with Gasteiger partial charge in [0.1, 0.15) is 0 Å². The van der Waals surface area contributed by atoms with E-state index in [9.17, 15) is 4.79 Å². The average molecular weight is 261 g/mol. The van der Waals surface area contributed by atoms with E-state index < -0.39 is 0 Å². The lowest BCUT2D eigenvalue weighted by Crippen LogP contribution is -2.27. The monoisotopic (exact) mass is 261 g/mol. The Bertz CT molecular complexity index is 524. The molecular weight excluding hydrogens is 246 g/mol. The summed E-state index contributed by atoms with van der Waals surface area (Å²) >= 11 is 0. The van der Waals surface area contributed by atoms with E-state index in [1.54, 1.807) is 26.2 Å². The summed E-state index contributed by atoms with van der Waals surface area (Å²) in [6.45, 7) is 2.32. The van der Waals surface area contributed by atoms with Crippen LogP contribution >= 0.6 is 0 Å². The van der Waals surface area contributed by atoms with Crippen LogP contribution in [0.5, 0.6) is 0 Å². The van der Waals surface area contributed by atoms with Crippen molar-refractivity contribution in [3.05, 3.63) is 41.2 Å². The smallest absolute Gasteiger partial charge is 0.251 e. The predicted molar refractivity (Wildman–Crippen MR) is 67.2 cm³/mol. The van der Waals surface area contributed by atoms with Crippen molar-refractivity contribution in [2.24, 2.45) is 0 Å². The molecule has 100 valence electrons. The first-order chi connectivity index (χ1) is 9.20. The molecule has 0 fully saturated rings. The molecule has 0 aliphatic carbocycles. The minimum absolute atomic E-state index is 0.179. The van der Waals surface area contributed by atoms with Crippen LogP contribution in [0.1, 0.15) is 34.7 Å². The SMILES string of the molecule is COCc1ccc(C(=O)NC(C)c2nn[nH]n2)cc1. The highest BCUT2D eigenvalue weighted by Gasteiger charge is 2.14. The molecule has 1 unspecified atom stereocenters. The Hall–Kier alpha value is -2.28. The van der Waals surface area contributed by atoms with Crippen LogP contribution in [-0.4, -0.2) is 33.6 Å². The number of carbonyl (C=O) groups is 1. The van der Waals surface area contributed by atoms with Gasteiger partial charge in [-0.1, -0.05) is 17.3 Å². The number of methoxy groups -OCH3 is 1. The van der Waals surface area contributed by atoms with Crippen molar-refractivity contribution in [1.82, 2.24) is 25.9 Å². The normalized spacial score (nSPS) is 12.1. The van der Waals surface area contributed by atoms with E-state index >= 15 is 0 Å². The van der Waals surface area contributed by atoms with Crippen LogP contribution in [0.3, 0.4) is 0 Å². The quantitative estimate of drug-likeness (QED) is 0.831. The van der Waals surface area contributed by atoms with Crippen LogP contribution in [-0.2, 0) is 11.3 Å². The molecule has 0 aliphatic heterocycles. The number of H-pyrrole nitrogens is 1. The molecule has 0 saturated heterocycles. The second-order valence-corrected chi connectivity index (χ2v) is 4.10. The molecule has 0 saturated carbocycles. The summed E-state index contributed by atoms with van der Waals surface area (Å²) in [5.74, 6) is 0.269. The Kier molecular flexibility index (Phi) is 4.19. The minimum Gasteiger partial charge on any atom is -0.380 e. The third kappa shape index (κ3) is 3.35. The molecule has 0 spiro atoms. The Morgan fingerprint density at radius 1 is 1.42 bits per heavy atom. The lowest BCUT2D eigenvalue weighted by molar-refractivity contribution is 0.0938. The molecule has 1 aromatic carbocycles. The molecule has 7 nitrogen and oxygen atoms in total. The fourth-order valence-electron chi connectivity index (χ4n) is 1.62. The molecule has 0 radical (unpaired) electrons. The first kappa shape index (κ1) is 13.2. The Morgan fingerprint density at radius 3 is 2.74 bits per heavy atom. The van der Waals surface area contributed by atoms with Crippen LogP contribution < -0.4 is 5.32 Å². The number of carbonyl (C=O) groups excluding carboxylic acids is 1. The van der Waals surface area contributed by atoms with E-state index in [4.69, 9.17) is 4.74 Å². The summed E-state index contributed by atoms with van der Waals surface area (Å²) in [7, 11) is 1.63. The van der Waals surface area contributed by atoms with Gasteiger partial charge < -0.3 is 10.1 Å². The van der Waals surface area contributed by atoms with Crippen LogP contribution in [0.4, 0.5) is 0 Å². The molecule has 1 amide bonds. The number of amides is 1. The summed E-state index contributed by atoms with van der Waals surface area (Å²) in [6.07, 6.45) is 0. The van der Waals surface area contributed by atoms with Gasteiger partial charge in [0.15, 0.2) is 5.82 Å². The lowest BCUT2D eigenvalue weighted by Gasteiger charge is -2.10. The van der Waals surface area contributed by atoms with Gasteiger partial charge in [0.25, 0.3) is 5.91 Å². The Morgan fingerprint density at radius 2 is 2.16 bits per heavy atom. The molecule has 1 aromatic heterocycles. The van der Waals surface area contributed by atoms with Crippen molar-refractivity contribution in [2.75, 3.05) is 7.11 Å². The summed E-state index contributed by atoms with van der Waals surface area (Å²) < 4.78 is 5.01. The number of rotatable bonds is 5. The Labute approximate surface area is 110 Å². The van der Waals surface area contributed by atoms with Gasteiger partial charge in [-0.15, -0.1) is 10.2 Å². The number of nitrogens with zero attached hydrogens (tertiary/aromatic N) is 3. The summed E-state index contributed by atoms with van der Waals surface area (Å²) in [4.78, 5) is 12.0. The van der Waals surface area contributed by atoms with Crippen LogP contribution in [0.15, 0.2) is 24.3 Å². The largest absolute Gasteiger partial charge is 0.380 e. The van der Waals surface area contributed by atoms with Crippen molar-refractivity contribution < 1.29 is 9.53 Å². The zero-order valence-corrected chi connectivity index (χ0v) is 10.8. The fourth-order valence-corrected chi connectivity index (χ4v) is 1.62. The van der Waals surface area contributed by atoms with E-state index in [1.165, 1.54) is 0 Å². The second-order valence-electron chi connectivity index (χ2n) is 4.10. The number of hydrogen-bond donors (Lipinski definition) is 2. The molecule has 1 atom stereocenters. The van der Waals surface area contributed by atoms with E-state index in [-0.39, 0.29) is 11.9 Å². The lowest BCUT2D eigenvalue weighted by atomic mass is 10.1. The molecule has 0 bridgehead atoms. The number of benzene rings is 1. The number of aromatic nitrogens is 4. The van der Waals surface area contributed by atoms with Crippen molar-refractivity contribution >= 4 is 5.91 Å². The van der Waals surface area contributed by atoms with Gasteiger partial charge in [0.2, 0.25) is 0 Å². The second kappa shape index (κ2) is 6.05. The molecular formula is C12H15N5O2. The third-order valence-electron chi connectivity index (χ3n) is 2.62. The minimum atomic E-state index is -0.301. The first-order valence-corrected chi connectivity index (χ1v) is 5.83. The molecule has 0 aliphatic rings. The van der Waals surface area contributed by atoms with Gasteiger partial charge in [-0.25, -0.2) is 0 Å².